The molecule has 8 aromatic carbocycles. The number of aliphatic carboxylic acids is 1. The Morgan fingerprint density at radius 3 is 0.946 bits per heavy atom. The first-order valence-electron chi connectivity index (χ1n) is 42.2. The third-order valence-corrected chi connectivity index (χ3v) is 24.7. The molecular formula is C99H116BBrCl4I2N8O14Zn. The molecule has 3 fully saturated rings. The third kappa shape index (κ3) is 24.0. The van der Waals surface area contributed by atoms with Gasteiger partial charge in [0.25, 0.3) is 0 Å². The van der Waals surface area contributed by atoms with Crippen molar-refractivity contribution in [2.24, 2.45) is 0 Å². The molecule has 15 rings (SSSR count). The number of hydrogen-bond acceptors (Lipinski definition) is 17. The number of ether oxygens (including phenoxy) is 3. The number of nitrogens with zero attached hydrogens (tertiary/aromatic N) is 8. The summed E-state index contributed by atoms with van der Waals surface area (Å²) in [5.74, 6) is -2.05. The fourth-order valence-electron chi connectivity index (χ4n) is 15.4. The van der Waals surface area contributed by atoms with E-state index in [0.29, 0.717) is 132 Å². The van der Waals surface area contributed by atoms with Crippen molar-refractivity contribution in [1.29, 1.82) is 0 Å². The fraction of sp³-hybridized carbons (Fsp3) is 0.374. The van der Waals surface area contributed by atoms with Gasteiger partial charge < -0.3 is 80.3 Å². The molecule has 0 atom stereocenters. The molecule has 2 aliphatic carbocycles. The van der Waals surface area contributed by atoms with Gasteiger partial charge in [-0.3, -0.25) is 38.4 Å². The second-order valence-corrected chi connectivity index (χ2v) is 40.5. The molecule has 690 valence electrons. The van der Waals surface area contributed by atoms with Gasteiger partial charge in [0.05, 0.1) is 120 Å². The van der Waals surface area contributed by atoms with Crippen molar-refractivity contribution in [3.05, 3.63) is 236 Å². The van der Waals surface area contributed by atoms with Crippen LogP contribution in [-0.4, -0.2) is 144 Å². The number of alkyl halides is 2. The van der Waals surface area contributed by atoms with Crippen molar-refractivity contribution in [3.63, 3.8) is 0 Å². The summed E-state index contributed by atoms with van der Waals surface area (Å²) in [6.07, 6.45) is 4.46. The number of hydrogen-bond donors (Lipinski definition) is 1. The molecule has 0 spiro atoms. The Balaban J connectivity index is 0.000000222. The first kappa shape index (κ1) is 109. The van der Waals surface area contributed by atoms with Crippen molar-refractivity contribution >= 4 is 254 Å². The molecule has 0 radical (unpaired) electrons. The molecule has 0 bridgehead atoms. The topological polar surface area (TPSA) is 236 Å². The van der Waals surface area contributed by atoms with Crippen LogP contribution in [0.2, 0.25) is 20.1 Å². The molecule has 5 heterocycles. The van der Waals surface area contributed by atoms with Crippen LogP contribution >= 0.6 is 108 Å². The van der Waals surface area contributed by atoms with E-state index in [1.54, 1.807) is 104 Å². The van der Waals surface area contributed by atoms with E-state index in [1.807, 2.05) is 181 Å². The van der Waals surface area contributed by atoms with E-state index in [2.05, 4.69) is 108 Å². The van der Waals surface area contributed by atoms with Gasteiger partial charge >= 0.3 is 50.5 Å². The van der Waals surface area contributed by atoms with Crippen LogP contribution in [0.1, 0.15) is 132 Å². The molecule has 0 unspecified atom stereocenters. The third-order valence-electron chi connectivity index (χ3n) is 23.0. The molecule has 130 heavy (non-hydrogen) atoms. The van der Waals surface area contributed by atoms with E-state index in [0.717, 1.165) is 63.5 Å². The quantitative estimate of drug-likeness (QED) is 0.0151. The van der Waals surface area contributed by atoms with E-state index in [1.165, 1.54) is 8.00 Å². The van der Waals surface area contributed by atoms with Gasteiger partial charge in [-0.2, -0.15) is 13.8 Å². The van der Waals surface area contributed by atoms with Crippen LogP contribution in [0, 0.1) is 13.8 Å². The Labute approximate surface area is 830 Å². The van der Waals surface area contributed by atoms with Gasteiger partial charge in [0.1, 0.15) is 26.2 Å². The number of carbonyl (C=O) groups is 4. The number of rotatable bonds is 19. The summed E-state index contributed by atoms with van der Waals surface area (Å²) in [6.45, 7) is 40.1. The summed E-state index contributed by atoms with van der Waals surface area (Å²) < 4.78 is 36.2. The molecule has 4 aromatic heterocycles. The van der Waals surface area contributed by atoms with Gasteiger partial charge in [-0.25, -0.2) is 0 Å². The minimum Gasteiger partial charge on any atom is -0.480 e. The first-order valence-corrected chi connectivity index (χ1v) is 47.5. The van der Waals surface area contributed by atoms with Crippen molar-refractivity contribution < 1.29 is 67.3 Å². The van der Waals surface area contributed by atoms with Crippen molar-refractivity contribution in [2.75, 3.05) is 98.2 Å². The number of allylic oxidation sites excluding steroid dienone is 2. The second kappa shape index (κ2) is 46.2. The SMILES string of the molecule is C=C(C)B1OC(C)(C)C(C)(C)O1.C=C(C)c1ccc2c(=O)c3ccc(Cl)c(N(C)C)c3n(CC(=O)OCC)c2c1.CCOC(=O)Cn1c2cc(Br)ccc2c(=O)c2ccc(Cl)c(N(C)C)c21.CCOC(=O)Cn1c2cc(C3(C)CC3)ccc2c(=O)c2ccc(Cl)c(N(C)C)c21.CN(C)c1c(Cl)ccc2c(=O)c3ccc(C4(C)CC4)cc3n(CC(=O)O)c12.ICI.[CH2-]C.[CH2-]C.[Zn+2]. The number of benzene rings is 8. The number of pyridine rings is 4. The number of fused-ring (bicyclic) bond motifs is 8. The largest absolute Gasteiger partial charge is 2.00 e. The molecule has 1 saturated heterocycles. The standard InChI is InChI=1S/C23H25ClN2O3.C22H23ClN2O3.C21H21ClN2O3.C19H18BrClN2O3.C9H17BO2.2C2H5.CH2I2.Zn/c1-5-29-19(27)13-26-18-12-14(23(2)10-11-23)6-7-15(18)22(28)16-8-9-17(24)21(20(16)26)25(3)4;1-6-28-19(26)12-25-18-11-14(13(2)3)7-8-15(18)22(27)16-9-10-17(23)21(20(16)25)24(4)5;1-21(8-9-21)12-4-5-13-16(10-12)24(11-17(25)26)18-14(20(13)27)6-7-15(22)19(18)23(2)3;1-4-26-16(24)10-23-15-9-11(20)5-6-12(15)19(25)13-7-8-14(21)18(17(13)23)22(2)3;1-7(2)10-11-8(3,4)9(5,6)12-10;2*1-2;2-1-3;/h6-9,12H,5,10-11,13H2,1-4H3;7-11H,2,6,12H2,1,3-5H3;4-7,10H,8-9,11H2,1-3H3,(H,25,26);5-9H,4,10H2,1-3H3;1H2,2-6H3;2*1H2,2H3;1H2;/q;;;;;2*-1;;+2. The zero-order valence-corrected chi connectivity index (χ0v) is 90.0. The monoisotopic (exact) mass is 2190 g/mol. The van der Waals surface area contributed by atoms with E-state index >= 15 is 0 Å². The smallest absolute Gasteiger partial charge is 0.480 e. The maximum Gasteiger partial charge on any atom is 2.00 e. The second-order valence-electron chi connectivity index (χ2n) is 33.5. The zero-order valence-electron chi connectivity index (χ0n) is 78.1. The Hall–Kier alpha value is -8.09. The number of esters is 3. The molecule has 1 N–H and O–H groups in total. The van der Waals surface area contributed by atoms with Crippen LogP contribution in [0.4, 0.5) is 22.7 Å². The van der Waals surface area contributed by atoms with Crippen molar-refractivity contribution in [2.45, 2.75) is 164 Å². The van der Waals surface area contributed by atoms with Gasteiger partial charge in [-0.1, -0.05) is 157 Å². The fourth-order valence-corrected chi connectivity index (χ4v) is 17.0. The zero-order chi connectivity index (χ0) is 96.3. The Morgan fingerprint density at radius 2 is 0.700 bits per heavy atom. The van der Waals surface area contributed by atoms with E-state index in [-0.39, 0.29) is 121 Å². The van der Waals surface area contributed by atoms with Gasteiger partial charge in [0.15, 0.2) is 21.7 Å². The number of carboxylic acids is 1. The minimum atomic E-state index is -0.964. The summed E-state index contributed by atoms with van der Waals surface area (Å²) in [6, 6.07) is 36.4. The van der Waals surface area contributed by atoms with Crippen LogP contribution in [0.25, 0.3) is 92.8 Å². The predicted octanol–water partition coefficient (Wildman–Crippen LogP) is 22.9. The average Bonchev–Trinajstić information content (AvgIpc) is 1.37. The van der Waals surface area contributed by atoms with Crippen molar-refractivity contribution in [3.8, 4) is 0 Å². The molecule has 12 aromatic rings. The number of aromatic nitrogens is 4. The molecule has 0 amide bonds. The number of anilines is 4. The summed E-state index contributed by atoms with van der Waals surface area (Å²) in [4.78, 5) is 109. The van der Waals surface area contributed by atoms with Gasteiger partial charge in [0, 0.05) is 104 Å². The number of carbonyl (C=O) groups excluding carboxylic acids is 3. The maximum absolute atomic E-state index is 13.3. The summed E-state index contributed by atoms with van der Waals surface area (Å²) >= 11 is 33.8. The van der Waals surface area contributed by atoms with Crippen LogP contribution in [-0.2, 0) is 99.2 Å². The average molecular weight is 2190 g/mol. The summed E-state index contributed by atoms with van der Waals surface area (Å²) in [7, 11) is 14.6. The van der Waals surface area contributed by atoms with E-state index < -0.39 is 5.97 Å². The Morgan fingerprint density at radius 1 is 0.446 bits per heavy atom. The molecular weight excluding hydrogens is 2080 g/mol. The van der Waals surface area contributed by atoms with Crippen LogP contribution < -0.4 is 41.3 Å². The van der Waals surface area contributed by atoms with E-state index in [9.17, 15) is 43.5 Å². The molecule has 22 nitrogen and oxygen atoms in total. The van der Waals surface area contributed by atoms with Crippen LogP contribution in [0.15, 0.2) is 164 Å². The minimum absolute atomic E-state index is 0. The van der Waals surface area contributed by atoms with Gasteiger partial charge in [-0.05, 0) is 219 Å². The van der Waals surface area contributed by atoms with E-state index in [4.69, 9.17) is 69.9 Å². The predicted molar refractivity (Wildman–Crippen MR) is 559 cm³/mol. The van der Waals surface area contributed by atoms with Crippen molar-refractivity contribution in [1.82, 2.24) is 18.3 Å². The Kier molecular flexibility index (Phi) is 38.7. The Bertz CT molecular complexity index is 6550. The first-order chi connectivity index (χ1) is 60.8. The molecule has 31 heteroatoms. The normalized spacial score (nSPS) is 13.7. The summed E-state index contributed by atoms with van der Waals surface area (Å²) in [5, 5.41) is 15.8. The summed E-state index contributed by atoms with van der Waals surface area (Å²) in [5.41, 5.74) is 12.3. The van der Waals surface area contributed by atoms with Gasteiger partial charge in [0.2, 0.25) is 0 Å². The maximum atomic E-state index is 13.3. The molecule has 1 aliphatic heterocycles. The number of carboxylic acid groups (broad SMARTS) is 1. The van der Waals surface area contributed by atoms with Crippen LogP contribution in [0.5, 0.6) is 0 Å². The molecule has 2 saturated carbocycles. The van der Waals surface area contributed by atoms with Gasteiger partial charge in [-0.15, -0.1) is 6.58 Å². The van der Waals surface area contributed by atoms with Crippen LogP contribution in [0.3, 0.4) is 0 Å². The molecule has 3 aliphatic rings. The number of halogens is 7.